The quantitative estimate of drug-likeness (QED) is 0.741. The largest absolute Gasteiger partial charge is 0.444 e. The summed E-state index contributed by atoms with van der Waals surface area (Å²) in [5.74, 6) is -0.0258. The molecule has 2 fully saturated rings. The van der Waals surface area contributed by atoms with Crippen molar-refractivity contribution in [3.8, 4) is 0 Å². The zero-order valence-corrected chi connectivity index (χ0v) is 15.9. The van der Waals surface area contributed by atoms with E-state index in [2.05, 4.69) is 0 Å². The van der Waals surface area contributed by atoms with E-state index in [0.29, 0.717) is 19.5 Å². The molecule has 2 saturated heterocycles. The van der Waals surface area contributed by atoms with Crippen LogP contribution in [0.2, 0.25) is 0 Å². The molecular weight excluding hydrogens is 332 g/mol. The van der Waals surface area contributed by atoms with Crippen molar-refractivity contribution in [2.24, 2.45) is 5.92 Å². The van der Waals surface area contributed by atoms with Gasteiger partial charge in [-0.15, -0.1) is 0 Å². The van der Waals surface area contributed by atoms with Gasteiger partial charge in [-0.05, 0) is 26.7 Å². The predicted molar refractivity (Wildman–Crippen MR) is 90.3 cm³/mol. The maximum Gasteiger partial charge on any atom is 0.410 e. The minimum Gasteiger partial charge on any atom is -0.444 e. The number of sulfone groups is 1. The Balaban J connectivity index is 2.21. The van der Waals surface area contributed by atoms with Crippen LogP contribution in [0.4, 0.5) is 4.79 Å². The number of hydrogen-bond donors (Lipinski definition) is 0. The fourth-order valence-corrected chi connectivity index (χ4v) is 5.26. The van der Waals surface area contributed by atoms with E-state index in [1.165, 1.54) is 4.90 Å². The third kappa shape index (κ3) is 4.40. The van der Waals surface area contributed by atoms with Crippen molar-refractivity contribution in [2.45, 2.75) is 58.7 Å². The topological polar surface area (TPSA) is 84.0 Å². The van der Waals surface area contributed by atoms with Crippen molar-refractivity contribution in [3.63, 3.8) is 0 Å². The van der Waals surface area contributed by atoms with E-state index < -0.39 is 33.6 Å². The molecule has 0 unspecified atom stereocenters. The van der Waals surface area contributed by atoms with Crippen molar-refractivity contribution in [3.05, 3.63) is 0 Å². The predicted octanol–water partition coefficient (Wildman–Crippen LogP) is 1.28. The van der Waals surface area contributed by atoms with Crippen LogP contribution >= 0.6 is 0 Å². The molecule has 2 aliphatic heterocycles. The standard InChI is InChI=1S/C16H28N2O5S/c1-11(2)8-14(19)17-6-7-18(15(20)23-16(3,4)5)13-10-24(21,22)9-12(13)17/h11-13H,6-10H2,1-5H3/t12-,13-/m0/s1. The Morgan fingerprint density at radius 2 is 1.58 bits per heavy atom. The lowest BCUT2D eigenvalue weighted by atomic mass is 10.0. The Morgan fingerprint density at radius 1 is 1.08 bits per heavy atom. The van der Waals surface area contributed by atoms with Gasteiger partial charge in [-0.3, -0.25) is 4.79 Å². The number of hydrogen-bond acceptors (Lipinski definition) is 5. The van der Waals surface area contributed by atoms with Crippen molar-refractivity contribution >= 4 is 21.8 Å². The summed E-state index contributed by atoms with van der Waals surface area (Å²) in [4.78, 5) is 28.0. The number of rotatable bonds is 2. The molecule has 2 aliphatic rings. The molecule has 138 valence electrons. The molecule has 0 aromatic carbocycles. The van der Waals surface area contributed by atoms with Gasteiger partial charge in [0.2, 0.25) is 5.91 Å². The summed E-state index contributed by atoms with van der Waals surface area (Å²) in [6.07, 6.45) is -0.124. The van der Waals surface area contributed by atoms with Crippen molar-refractivity contribution in [1.29, 1.82) is 0 Å². The van der Waals surface area contributed by atoms with Gasteiger partial charge in [-0.1, -0.05) is 13.8 Å². The highest BCUT2D eigenvalue weighted by Crippen LogP contribution is 2.29. The SMILES string of the molecule is CC(C)CC(=O)N1CCN(C(=O)OC(C)(C)C)[C@H]2CS(=O)(=O)C[C@@H]21. The van der Waals surface area contributed by atoms with Crippen LogP contribution in [0.25, 0.3) is 0 Å². The van der Waals surface area contributed by atoms with E-state index in [0.717, 1.165) is 0 Å². The zero-order chi connectivity index (χ0) is 18.3. The van der Waals surface area contributed by atoms with Gasteiger partial charge in [0.1, 0.15) is 5.60 Å². The molecule has 0 saturated carbocycles. The molecule has 0 radical (unpaired) electrons. The lowest BCUT2D eigenvalue weighted by Gasteiger charge is -2.44. The summed E-state index contributed by atoms with van der Waals surface area (Å²) in [6, 6.07) is -0.989. The van der Waals surface area contributed by atoms with Crippen LogP contribution in [0, 0.1) is 5.92 Å². The van der Waals surface area contributed by atoms with Gasteiger partial charge in [0.05, 0.1) is 23.6 Å². The average Bonchev–Trinajstić information content (AvgIpc) is 2.68. The summed E-state index contributed by atoms with van der Waals surface area (Å²) < 4.78 is 29.7. The smallest absolute Gasteiger partial charge is 0.410 e. The number of amides is 2. The first-order chi connectivity index (χ1) is 10.9. The Morgan fingerprint density at radius 3 is 2.08 bits per heavy atom. The van der Waals surface area contributed by atoms with Crippen LogP contribution in [0.1, 0.15) is 41.0 Å². The van der Waals surface area contributed by atoms with Crippen molar-refractivity contribution in [2.75, 3.05) is 24.6 Å². The summed E-state index contributed by atoms with van der Waals surface area (Å²) in [6.45, 7) is 9.88. The Bertz CT molecular complexity index is 608. The van der Waals surface area contributed by atoms with Gasteiger partial charge >= 0.3 is 6.09 Å². The molecule has 0 aromatic rings. The highest BCUT2D eigenvalue weighted by Gasteiger charge is 2.50. The molecule has 2 amide bonds. The second-order valence-electron chi connectivity index (χ2n) is 8.07. The fourth-order valence-electron chi connectivity index (χ4n) is 3.28. The minimum absolute atomic E-state index is 0.0408. The maximum atomic E-state index is 12.5. The first-order valence-corrected chi connectivity index (χ1v) is 10.2. The Hall–Kier alpha value is -1.31. The minimum atomic E-state index is -3.28. The molecule has 24 heavy (non-hydrogen) atoms. The lowest BCUT2D eigenvalue weighted by Crippen LogP contribution is -2.62. The second-order valence-corrected chi connectivity index (χ2v) is 10.2. The highest BCUT2D eigenvalue weighted by atomic mass is 32.2. The van der Waals surface area contributed by atoms with Crippen LogP contribution in [0.5, 0.6) is 0 Å². The third-order valence-corrected chi connectivity index (χ3v) is 5.91. The molecule has 0 spiro atoms. The van der Waals surface area contributed by atoms with E-state index in [1.54, 1.807) is 25.7 Å². The molecule has 8 heteroatoms. The Kier molecular flexibility index (Phi) is 5.18. The molecule has 7 nitrogen and oxygen atoms in total. The molecule has 0 bridgehead atoms. The number of carbonyl (C=O) groups is 2. The van der Waals surface area contributed by atoms with Gasteiger partial charge in [0, 0.05) is 19.5 Å². The van der Waals surface area contributed by atoms with Crippen LogP contribution in [-0.4, -0.2) is 72.5 Å². The van der Waals surface area contributed by atoms with Gasteiger partial charge in [0.15, 0.2) is 9.84 Å². The first kappa shape index (κ1) is 19.0. The molecule has 2 atom stereocenters. The van der Waals surface area contributed by atoms with E-state index in [-0.39, 0.29) is 23.3 Å². The van der Waals surface area contributed by atoms with Crippen LogP contribution in [0.15, 0.2) is 0 Å². The summed E-state index contributed by atoms with van der Waals surface area (Å²) in [5, 5.41) is 0. The molecule has 2 rings (SSSR count). The van der Waals surface area contributed by atoms with E-state index in [1.807, 2.05) is 13.8 Å². The average molecular weight is 360 g/mol. The summed E-state index contributed by atoms with van der Waals surface area (Å²) in [5.41, 5.74) is -0.644. The highest BCUT2D eigenvalue weighted by molar-refractivity contribution is 7.91. The molecule has 2 heterocycles. The number of nitrogens with zero attached hydrogens (tertiary/aromatic N) is 2. The summed E-state index contributed by atoms with van der Waals surface area (Å²) >= 11 is 0. The number of piperazine rings is 1. The van der Waals surface area contributed by atoms with Gasteiger partial charge in [-0.2, -0.15) is 0 Å². The number of fused-ring (bicyclic) bond motifs is 1. The molecule has 0 N–H and O–H groups in total. The number of carbonyl (C=O) groups excluding carboxylic acids is 2. The van der Waals surface area contributed by atoms with Gasteiger partial charge in [0.25, 0.3) is 0 Å². The van der Waals surface area contributed by atoms with Crippen LogP contribution in [-0.2, 0) is 19.4 Å². The monoisotopic (exact) mass is 360 g/mol. The number of ether oxygens (including phenoxy) is 1. The normalized spacial score (nSPS) is 26.4. The fraction of sp³-hybridized carbons (Fsp3) is 0.875. The molecular formula is C16H28N2O5S. The van der Waals surface area contributed by atoms with Crippen LogP contribution in [0.3, 0.4) is 0 Å². The van der Waals surface area contributed by atoms with E-state index in [9.17, 15) is 18.0 Å². The summed E-state index contributed by atoms with van der Waals surface area (Å²) in [7, 11) is -3.28. The maximum absolute atomic E-state index is 12.5. The van der Waals surface area contributed by atoms with Crippen molar-refractivity contribution < 1.29 is 22.7 Å². The third-order valence-electron chi connectivity index (χ3n) is 4.21. The Labute approximate surface area is 144 Å². The molecule has 0 aliphatic carbocycles. The van der Waals surface area contributed by atoms with E-state index >= 15 is 0 Å². The molecule has 0 aromatic heterocycles. The first-order valence-electron chi connectivity index (χ1n) is 8.39. The lowest BCUT2D eigenvalue weighted by molar-refractivity contribution is -0.137. The zero-order valence-electron chi connectivity index (χ0n) is 15.1. The van der Waals surface area contributed by atoms with Gasteiger partial charge in [-0.25, -0.2) is 13.2 Å². The van der Waals surface area contributed by atoms with Gasteiger partial charge < -0.3 is 14.5 Å². The van der Waals surface area contributed by atoms with Crippen LogP contribution < -0.4 is 0 Å². The second kappa shape index (κ2) is 6.54. The van der Waals surface area contributed by atoms with Crippen molar-refractivity contribution in [1.82, 2.24) is 9.80 Å². The van der Waals surface area contributed by atoms with E-state index in [4.69, 9.17) is 4.74 Å².